The topological polar surface area (TPSA) is 65.3 Å². The Kier molecular flexibility index (Phi) is 2.98. The number of hydrogen-bond acceptors (Lipinski definition) is 2. The van der Waals surface area contributed by atoms with Crippen LogP contribution < -0.4 is 5.73 Å². The largest absolute Gasteiger partial charge is 0.369 e. The van der Waals surface area contributed by atoms with Gasteiger partial charge >= 0.3 is 0 Å². The second-order valence-corrected chi connectivity index (χ2v) is 6.59. The summed E-state index contributed by atoms with van der Waals surface area (Å²) in [5.74, 6) is 0.558. The molecule has 0 fully saturated rings. The van der Waals surface area contributed by atoms with Crippen LogP contribution in [-0.4, -0.2) is 19.9 Å². The Labute approximate surface area is 144 Å². The molecular weight excluding hydrogens is 312 g/mol. The SMILES string of the molecule is NC(=O)Cc1c(-c2ccccc2)nc2n3c4c(cccc4n12)CCC3. The maximum absolute atomic E-state index is 11.8. The summed E-state index contributed by atoms with van der Waals surface area (Å²) in [6, 6.07) is 16.4. The third-order valence-electron chi connectivity index (χ3n) is 5.02. The summed E-state index contributed by atoms with van der Waals surface area (Å²) in [5, 5.41) is 0. The molecule has 2 aromatic carbocycles. The molecule has 124 valence electrons. The number of amides is 1. The summed E-state index contributed by atoms with van der Waals surface area (Å²) in [4.78, 5) is 16.7. The third-order valence-corrected chi connectivity index (χ3v) is 5.02. The summed E-state index contributed by atoms with van der Waals surface area (Å²) in [5.41, 5.74) is 12.0. The van der Waals surface area contributed by atoms with Crippen LogP contribution in [0.25, 0.3) is 28.1 Å². The normalized spacial score (nSPS) is 13.6. The Morgan fingerprint density at radius 2 is 1.96 bits per heavy atom. The highest BCUT2D eigenvalue weighted by atomic mass is 16.1. The van der Waals surface area contributed by atoms with Gasteiger partial charge in [0.25, 0.3) is 0 Å². The number of carbonyl (C=O) groups excluding carboxylic acids is 1. The lowest BCUT2D eigenvalue weighted by atomic mass is 10.0. The summed E-state index contributed by atoms with van der Waals surface area (Å²) in [6.07, 6.45) is 2.37. The Bertz CT molecular complexity index is 1120. The molecule has 1 aliphatic heterocycles. The van der Waals surface area contributed by atoms with Crippen molar-refractivity contribution in [2.45, 2.75) is 25.8 Å². The van der Waals surface area contributed by atoms with E-state index in [2.05, 4.69) is 27.2 Å². The van der Waals surface area contributed by atoms with E-state index in [1.165, 1.54) is 11.1 Å². The van der Waals surface area contributed by atoms with Crippen LogP contribution in [0.15, 0.2) is 48.5 Å². The van der Waals surface area contributed by atoms with Crippen LogP contribution >= 0.6 is 0 Å². The highest BCUT2D eigenvalue weighted by Gasteiger charge is 2.24. The number of benzene rings is 2. The molecule has 0 saturated carbocycles. The summed E-state index contributed by atoms with van der Waals surface area (Å²) in [6.45, 7) is 0.950. The predicted molar refractivity (Wildman–Crippen MR) is 97.3 cm³/mol. The highest BCUT2D eigenvalue weighted by molar-refractivity contribution is 5.88. The molecule has 0 unspecified atom stereocenters. The van der Waals surface area contributed by atoms with Crippen molar-refractivity contribution in [3.63, 3.8) is 0 Å². The monoisotopic (exact) mass is 330 g/mol. The molecule has 25 heavy (non-hydrogen) atoms. The van der Waals surface area contributed by atoms with E-state index in [4.69, 9.17) is 10.7 Å². The average Bonchev–Trinajstić information content (AvgIpc) is 3.14. The van der Waals surface area contributed by atoms with Crippen molar-refractivity contribution in [1.29, 1.82) is 0 Å². The first-order valence-corrected chi connectivity index (χ1v) is 8.59. The molecule has 1 amide bonds. The zero-order valence-electron chi connectivity index (χ0n) is 13.8. The van der Waals surface area contributed by atoms with Crippen LogP contribution in [0.4, 0.5) is 0 Å². The first kappa shape index (κ1) is 14.3. The van der Waals surface area contributed by atoms with Gasteiger partial charge < -0.3 is 10.3 Å². The lowest BCUT2D eigenvalue weighted by Gasteiger charge is -2.14. The molecule has 1 aliphatic rings. The molecule has 5 nitrogen and oxygen atoms in total. The molecule has 3 heterocycles. The second kappa shape index (κ2) is 5.21. The summed E-state index contributed by atoms with van der Waals surface area (Å²) in [7, 11) is 0. The minimum absolute atomic E-state index is 0.175. The molecular formula is C20H18N4O. The number of primary amides is 1. The molecule has 0 atom stereocenters. The van der Waals surface area contributed by atoms with Crippen LogP contribution in [0.2, 0.25) is 0 Å². The smallest absolute Gasteiger partial charge is 0.223 e. The van der Waals surface area contributed by atoms with Crippen molar-refractivity contribution in [1.82, 2.24) is 14.0 Å². The Hall–Kier alpha value is -3.08. The van der Waals surface area contributed by atoms with E-state index in [-0.39, 0.29) is 12.3 Å². The molecule has 0 radical (unpaired) electrons. The number of rotatable bonds is 3. The number of imidazole rings is 2. The zero-order chi connectivity index (χ0) is 17.0. The fraction of sp³-hybridized carbons (Fsp3) is 0.200. The first-order chi connectivity index (χ1) is 12.2. The van der Waals surface area contributed by atoms with E-state index in [0.717, 1.165) is 47.6 Å². The number of aromatic nitrogens is 3. The molecule has 0 saturated heterocycles. The first-order valence-electron chi connectivity index (χ1n) is 8.59. The standard InChI is InChI=1S/C20H18N4O/c21-17(25)12-16-18(13-6-2-1-3-7-13)22-20-23-11-5-9-14-8-4-10-15(19(14)23)24(16)20/h1-4,6-8,10H,5,9,11-12H2,(H2,21,25). The van der Waals surface area contributed by atoms with Gasteiger partial charge in [0.05, 0.1) is 28.8 Å². The number of fused-ring (bicyclic) bond motifs is 3. The van der Waals surface area contributed by atoms with Gasteiger partial charge in [-0.05, 0) is 24.5 Å². The highest BCUT2D eigenvalue weighted by Crippen LogP contribution is 2.33. The van der Waals surface area contributed by atoms with Gasteiger partial charge in [-0.1, -0.05) is 42.5 Å². The van der Waals surface area contributed by atoms with Crippen molar-refractivity contribution in [2.24, 2.45) is 5.73 Å². The van der Waals surface area contributed by atoms with Gasteiger partial charge in [0.1, 0.15) is 0 Å². The quantitative estimate of drug-likeness (QED) is 0.628. The third kappa shape index (κ3) is 2.02. The molecule has 0 spiro atoms. The molecule has 5 rings (SSSR count). The maximum atomic E-state index is 11.8. The zero-order valence-corrected chi connectivity index (χ0v) is 13.8. The van der Waals surface area contributed by atoms with Crippen molar-refractivity contribution in [3.05, 3.63) is 59.8 Å². The van der Waals surface area contributed by atoms with Gasteiger partial charge in [0, 0.05) is 12.1 Å². The van der Waals surface area contributed by atoms with Crippen LogP contribution in [-0.2, 0) is 24.2 Å². The number of nitrogens with two attached hydrogens (primary N) is 1. The van der Waals surface area contributed by atoms with Crippen LogP contribution in [0.5, 0.6) is 0 Å². The molecule has 2 N–H and O–H groups in total. The fourth-order valence-electron chi connectivity index (χ4n) is 4.04. The average molecular weight is 330 g/mol. The van der Waals surface area contributed by atoms with Gasteiger partial charge in [0.15, 0.2) is 0 Å². The summed E-state index contributed by atoms with van der Waals surface area (Å²) >= 11 is 0. The lowest BCUT2D eigenvalue weighted by Crippen LogP contribution is -2.15. The lowest BCUT2D eigenvalue weighted by molar-refractivity contribution is -0.117. The maximum Gasteiger partial charge on any atom is 0.223 e. The second-order valence-electron chi connectivity index (χ2n) is 6.59. The van der Waals surface area contributed by atoms with Crippen LogP contribution in [0, 0.1) is 0 Å². The number of para-hydroxylation sites is 1. The van der Waals surface area contributed by atoms with Gasteiger partial charge in [-0.25, -0.2) is 4.98 Å². The minimum Gasteiger partial charge on any atom is -0.369 e. The molecule has 4 aromatic rings. The number of nitrogens with zero attached hydrogens (tertiary/aromatic N) is 3. The number of carbonyl (C=O) groups is 1. The van der Waals surface area contributed by atoms with E-state index < -0.39 is 0 Å². The molecule has 0 aliphatic carbocycles. The molecule has 0 bridgehead atoms. The van der Waals surface area contributed by atoms with Crippen molar-refractivity contribution in [3.8, 4) is 11.3 Å². The number of aryl methyl sites for hydroxylation is 2. The summed E-state index contributed by atoms with van der Waals surface area (Å²) < 4.78 is 4.41. The molecule has 5 heteroatoms. The van der Waals surface area contributed by atoms with Crippen LogP contribution in [0.3, 0.4) is 0 Å². The fourth-order valence-corrected chi connectivity index (χ4v) is 4.04. The van der Waals surface area contributed by atoms with E-state index in [9.17, 15) is 4.79 Å². The van der Waals surface area contributed by atoms with Gasteiger partial charge in [-0.15, -0.1) is 0 Å². The Morgan fingerprint density at radius 1 is 1.12 bits per heavy atom. The van der Waals surface area contributed by atoms with E-state index in [1.54, 1.807) is 0 Å². The van der Waals surface area contributed by atoms with Crippen molar-refractivity contribution < 1.29 is 4.79 Å². The van der Waals surface area contributed by atoms with Gasteiger partial charge in [0.2, 0.25) is 11.7 Å². The van der Waals surface area contributed by atoms with Crippen molar-refractivity contribution in [2.75, 3.05) is 0 Å². The Morgan fingerprint density at radius 3 is 2.76 bits per heavy atom. The van der Waals surface area contributed by atoms with Gasteiger partial charge in [-0.3, -0.25) is 9.20 Å². The van der Waals surface area contributed by atoms with E-state index in [1.807, 2.05) is 30.3 Å². The predicted octanol–water partition coefficient (Wildman–Crippen LogP) is 2.93. The van der Waals surface area contributed by atoms with E-state index >= 15 is 0 Å². The van der Waals surface area contributed by atoms with Crippen LogP contribution in [0.1, 0.15) is 17.7 Å². The van der Waals surface area contributed by atoms with Gasteiger partial charge in [-0.2, -0.15) is 0 Å². The molecule has 2 aromatic heterocycles. The number of hydrogen-bond donors (Lipinski definition) is 1. The minimum atomic E-state index is -0.342. The van der Waals surface area contributed by atoms with E-state index in [0.29, 0.717) is 0 Å². The Balaban J connectivity index is 1.91. The van der Waals surface area contributed by atoms with Crippen molar-refractivity contribution >= 4 is 22.7 Å².